The molecule has 7 rings (SSSR count). The van der Waals surface area contributed by atoms with E-state index in [4.69, 9.17) is 15.9 Å². The number of pyridine rings is 1. The number of aliphatic hydroxyl groups excluding tert-OH is 1. The molecule has 0 bridgehead atoms. The van der Waals surface area contributed by atoms with Gasteiger partial charge >= 0.3 is 6.01 Å². The van der Waals surface area contributed by atoms with Crippen LogP contribution in [-0.4, -0.2) is 87.3 Å². The van der Waals surface area contributed by atoms with Crippen LogP contribution in [-0.2, 0) is 0 Å². The summed E-state index contributed by atoms with van der Waals surface area (Å²) in [4.78, 5) is 17.3. The van der Waals surface area contributed by atoms with Crippen molar-refractivity contribution in [2.45, 2.75) is 43.4 Å². The van der Waals surface area contributed by atoms with Crippen molar-refractivity contribution in [3.05, 3.63) is 41.5 Å². The largest absolute Gasteiger partial charge is 0.508 e. The highest BCUT2D eigenvalue weighted by Gasteiger charge is 2.49. The summed E-state index contributed by atoms with van der Waals surface area (Å²) in [6.07, 6.45) is 6.71. The number of benzene rings is 2. The Morgan fingerprint density at radius 2 is 2.02 bits per heavy atom. The number of aliphatic hydroxyl groups is 1. The van der Waals surface area contributed by atoms with Gasteiger partial charge in [-0.1, -0.05) is 12.0 Å². The maximum absolute atomic E-state index is 16.8. The molecule has 4 aromatic rings. The van der Waals surface area contributed by atoms with Crippen LogP contribution >= 0.6 is 0 Å². The summed E-state index contributed by atoms with van der Waals surface area (Å²) in [6.45, 7) is 2.61. The normalized spacial score (nSPS) is 24.8. The SMILES string of the molecule is C#Cc1c(F)ccc2cc(O)cc(-c3nc4c5c(nc(OC[C@@]67CCCN6C[C@H](F)C7)nc5c3F)N(C)[C@](C)(CO)CO4)c12. The average molecular weight is 606 g/mol. The minimum absolute atomic E-state index is 0.0197. The van der Waals surface area contributed by atoms with Gasteiger partial charge in [0, 0.05) is 31.0 Å². The van der Waals surface area contributed by atoms with Crippen molar-refractivity contribution >= 4 is 27.5 Å². The second kappa shape index (κ2) is 10.1. The maximum atomic E-state index is 16.8. The molecule has 0 aliphatic carbocycles. The Balaban J connectivity index is 1.45. The summed E-state index contributed by atoms with van der Waals surface area (Å²) in [5.41, 5.74) is -2.03. The number of anilines is 1. The molecule has 2 N–H and O–H groups in total. The number of rotatable bonds is 5. The van der Waals surface area contributed by atoms with Gasteiger partial charge in [0.1, 0.15) is 53.4 Å². The topological polar surface area (TPSA) is 104 Å². The molecule has 5 heterocycles. The molecule has 2 saturated heterocycles. The molecule has 0 amide bonds. The number of terminal acetylenes is 1. The van der Waals surface area contributed by atoms with Gasteiger partial charge in [-0.2, -0.15) is 9.97 Å². The van der Waals surface area contributed by atoms with Crippen LogP contribution < -0.4 is 14.4 Å². The minimum Gasteiger partial charge on any atom is -0.508 e. The monoisotopic (exact) mass is 605 g/mol. The number of fused-ring (bicyclic) bond motifs is 2. The van der Waals surface area contributed by atoms with Gasteiger partial charge in [-0.3, -0.25) is 4.90 Å². The van der Waals surface area contributed by atoms with Crippen molar-refractivity contribution in [1.82, 2.24) is 19.9 Å². The van der Waals surface area contributed by atoms with Crippen LogP contribution in [0.1, 0.15) is 31.7 Å². The molecule has 0 spiro atoms. The van der Waals surface area contributed by atoms with E-state index in [1.54, 1.807) is 18.9 Å². The first-order chi connectivity index (χ1) is 21.1. The average Bonchev–Trinajstić information content (AvgIpc) is 3.51. The van der Waals surface area contributed by atoms with Crippen LogP contribution in [0.15, 0.2) is 24.3 Å². The number of phenolic OH excluding ortho intramolecular Hbond substituents is 1. The number of alkyl halides is 1. The van der Waals surface area contributed by atoms with E-state index in [0.717, 1.165) is 19.4 Å². The summed E-state index contributed by atoms with van der Waals surface area (Å²) in [5, 5.41) is 21.6. The molecular formula is C32H30F3N5O4. The van der Waals surface area contributed by atoms with Crippen LogP contribution in [0.2, 0.25) is 0 Å². The molecule has 2 fully saturated rings. The molecule has 2 aromatic carbocycles. The van der Waals surface area contributed by atoms with Gasteiger partial charge in [0.05, 0.1) is 23.2 Å². The van der Waals surface area contributed by atoms with Crippen molar-refractivity contribution in [3.63, 3.8) is 0 Å². The summed E-state index contributed by atoms with van der Waals surface area (Å²) in [7, 11) is 1.69. The van der Waals surface area contributed by atoms with Crippen molar-refractivity contribution < 1.29 is 32.9 Å². The van der Waals surface area contributed by atoms with Crippen LogP contribution in [0.5, 0.6) is 17.6 Å². The van der Waals surface area contributed by atoms with Gasteiger partial charge in [0.15, 0.2) is 5.82 Å². The number of hydrogen-bond donors (Lipinski definition) is 2. The molecule has 2 aromatic heterocycles. The summed E-state index contributed by atoms with van der Waals surface area (Å²) in [5.74, 6) is 0.738. The van der Waals surface area contributed by atoms with Crippen LogP contribution in [0.4, 0.5) is 19.0 Å². The third-order valence-electron chi connectivity index (χ3n) is 9.38. The van der Waals surface area contributed by atoms with Crippen molar-refractivity contribution in [1.29, 1.82) is 0 Å². The molecule has 3 aliphatic rings. The van der Waals surface area contributed by atoms with Crippen molar-refractivity contribution in [3.8, 4) is 41.2 Å². The molecule has 0 saturated carbocycles. The lowest BCUT2D eigenvalue weighted by Crippen LogP contribution is -2.51. The highest BCUT2D eigenvalue weighted by molar-refractivity contribution is 6.04. The lowest BCUT2D eigenvalue weighted by molar-refractivity contribution is 0.107. The summed E-state index contributed by atoms with van der Waals surface area (Å²) in [6, 6.07) is 5.13. The molecule has 3 aliphatic heterocycles. The van der Waals surface area contributed by atoms with Crippen LogP contribution in [0, 0.1) is 24.0 Å². The van der Waals surface area contributed by atoms with Gasteiger partial charge in [-0.25, -0.2) is 18.2 Å². The van der Waals surface area contributed by atoms with E-state index in [0.29, 0.717) is 18.4 Å². The second-order valence-electron chi connectivity index (χ2n) is 12.2. The van der Waals surface area contributed by atoms with E-state index >= 15 is 4.39 Å². The van der Waals surface area contributed by atoms with E-state index in [-0.39, 0.29) is 76.4 Å². The van der Waals surface area contributed by atoms with E-state index < -0.39 is 28.9 Å². The number of likely N-dealkylation sites (N-methyl/N-ethyl adjacent to an activating group) is 1. The van der Waals surface area contributed by atoms with Crippen LogP contribution in [0.25, 0.3) is 32.9 Å². The zero-order valence-corrected chi connectivity index (χ0v) is 24.2. The number of aromatic nitrogens is 3. The zero-order valence-electron chi connectivity index (χ0n) is 24.2. The minimum atomic E-state index is -0.985. The number of halogens is 3. The van der Waals surface area contributed by atoms with Crippen molar-refractivity contribution in [2.75, 3.05) is 44.9 Å². The first-order valence-corrected chi connectivity index (χ1v) is 14.4. The number of hydrogen-bond acceptors (Lipinski definition) is 9. The number of phenols is 1. The first kappa shape index (κ1) is 28.4. The predicted molar refractivity (Wildman–Crippen MR) is 158 cm³/mol. The molecule has 9 nitrogen and oxygen atoms in total. The molecule has 12 heteroatoms. The third kappa shape index (κ3) is 4.21. The Hall–Kier alpha value is -4.34. The van der Waals surface area contributed by atoms with Gasteiger partial charge in [0.2, 0.25) is 5.88 Å². The third-order valence-corrected chi connectivity index (χ3v) is 9.38. The van der Waals surface area contributed by atoms with Gasteiger partial charge < -0.3 is 24.6 Å². The summed E-state index contributed by atoms with van der Waals surface area (Å²) < 4.78 is 58.2. The highest BCUT2D eigenvalue weighted by Crippen LogP contribution is 2.45. The maximum Gasteiger partial charge on any atom is 0.319 e. The number of nitrogens with zero attached hydrogens (tertiary/aromatic N) is 5. The lowest BCUT2D eigenvalue weighted by atomic mass is 9.95. The fourth-order valence-corrected chi connectivity index (χ4v) is 6.82. The lowest BCUT2D eigenvalue weighted by Gasteiger charge is -2.36. The smallest absolute Gasteiger partial charge is 0.319 e. The zero-order chi connectivity index (χ0) is 31.0. The quantitative estimate of drug-likeness (QED) is 0.322. The van der Waals surface area contributed by atoms with E-state index in [2.05, 4.69) is 25.8 Å². The van der Waals surface area contributed by atoms with E-state index in [1.165, 1.54) is 24.3 Å². The molecule has 3 atom stereocenters. The summed E-state index contributed by atoms with van der Waals surface area (Å²) >= 11 is 0. The predicted octanol–water partition coefficient (Wildman–Crippen LogP) is 4.34. The van der Waals surface area contributed by atoms with E-state index in [9.17, 15) is 19.0 Å². The Labute approximate surface area is 251 Å². The molecule has 44 heavy (non-hydrogen) atoms. The standard InChI is InChI=1S/C32H30F3N5O4/c1-4-20-22(34)7-6-17-10-19(42)11-21(23(17)20)26-25(35)27-24-28(39(3)31(2,14-41)15-43-29(24)36-26)38-30(37-27)44-16-32-8-5-9-40(32)13-18(33)12-32/h1,6-7,10-11,18,41-42H,5,8-9,12-16H2,2-3H3/t18-,31-,32+/m1/s1. The van der Waals surface area contributed by atoms with E-state index in [1.807, 2.05) is 0 Å². The molecule has 0 unspecified atom stereocenters. The number of aromatic hydroxyl groups is 1. The van der Waals surface area contributed by atoms with Gasteiger partial charge in [-0.05, 0) is 49.9 Å². The fourth-order valence-electron chi connectivity index (χ4n) is 6.82. The molecule has 0 radical (unpaired) electrons. The Bertz CT molecular complexity index is 1880. The number of ether oxygens (including phenoxy) is 2. The fraction of sp³-hybridized carbons (Fsp3) is 0.406. The Morgan fingerprint density at radius 3 is 2.80 bits per heavy atom. The Morgan fingerprint density at radius 1 is 1.20 bits per heavy atom. The van der Waals surface area contributed by atoms with Gasteiger partial charge in [-0.15, -0.1) is 6.42 Å². The molecular weight excluding hydrogens is 575 g/mol. The second-order valence-corrected chi connectivity index (χ2v) is 12.2. The van der Waals surface area contributed by atoms with Crippen LogP contribution in [0.3, 0.4) is 0 Å². The molecule has 228 valence electrons. The van der Waals surface area contributed by atoms with Crippen molar-refractivity contribution in [2.24, 2.45) is 0 Å². The highest BCUT2D eigenvalue weighted by atomic mass is 19.1. The first-order valence-electron chi connectivity index (χ1n) is 14.4. The van der Waals surface area contributed by atoms with Gasteiger partial charge in [0.25, 0.3) is 0 Å². The Kier molecular flexibility index (Phi) is 6.53.